The number of fused-ring (bicyclic) bond motifs is 1. The molecule has 0 atom stereocenters. The first-order valence-electron chi connectivity index (χ1n) is 6.86. The fourth-order valence-electron chi connectivity index (χ4n) is 2.20. The molecule has 0 radical (unpaired) electrons. The summed E-state index contributed by atoms with van der Waals surface area (Å²) in [5, 5.41) is 0. The summed E-state index contributed by atoms with van der Waals surface area (Å²) in [7, 11) is -2.43. The molecule has 0 unspecified atom stereocenters. The number of amides is 1. The van der Waals surface area contributed by atoms with E-state index < -0.39 is 15.9 Å². The van der Waals surface area contributed by atoms with E-state index >= 15 is 0 Å². The maximum absolute atomic E-state index is 12.4. The average Bonchev–Trinajstić information content (AvgIpc) is 2.81. The van der Waals surface area contributed by atoms with E-state index in [4.69, 9.17) is 0 Å². The summed E-state index contributed by atoms with van der Waals surface area (Å²) in [5.41, 5.74) is 1.54. The number of hydrogen-bond donors (Lipinski definition) is 1. The summed E-state index contributed by atoms with van der Waals surface area (Å²) in [6.07, 6.45) is 2.86. The highest BCUT2D eigenvalue weighted by Crippen LogP contribution is 2.21. The van der Waals surface area contributed by atoms with Gasteiger partial charge in [0.25, 0.3) is 15.9 Å². The van der Waals surface area contributed by atoms with Gasteiger partial charge in [0.05, 0.1) is 20.7 Å². The first-order chi connectivity index (χ1) is 11.3. The van der Waals surface area contributed by atoms with E-state index in [1.54, 1.807) is 32.3 Å². The maximum atomic E-state index is 12.4. The third-order valence-corrected chi connectivity index (χ3v) is 5.76. The minimum Gasteiger partial charge on any atom is -0.302 e. The molecule has 3 aromatic rings. The Balaban J connectivity index is 1.95. The molecule has 1 amide bonds. The topological polar surface area (TPSA) is 98.1 Å². The van der Waals surface area contributed by atoms with E-state index in [1.807, 2.05) is 4.72 Å². The van der Waals surface area contributed by atoms with E-state index in [1.165, 1.54) is 22.9 Å². The SMILES string of the molecule is Cc1cncc(C(=O)NS(=O)(=O)c2ccc3c(c2)sc(=O)n3C)c1. The smallest absolute Gasteiger partial charge is 0.302 e. The lowest BCUT2D eigenvalue weighted by molar-refractivity contribution is 0.0981. The molecule has 0 saturated carbocycles. The van der Waals surface area contributed by atoms with Gasteiger partial charge in [-0.2, -0.15) is 0 Å². The van der Waals surface area contributed by atoms with Crippen LogP contribution in [0.3, 0.4) is 0 Å². The summed E-state index contributed by atoms with van der Waals surface area (Å²) in [5.74, 6) is -0.757. The highest BCUT2D eigenvalue weighted by Gasteiger charge is 2.20. The number of thiazole rings is 1. The lowest BCUT2D eigenvalue weighted by atomic mass is 10.2. The lowest BCUT2D eigenvalue weighted by Crippen LogP contribution is -2.30. The number of aryl methyl sites for hydroxylation is 2. The number of benzene rings is 1. The van der Waals surface area contributed by atoms with Gasteiger partial charge in [-0.05, 0) is 36.8 Å². The van der Waals surface area contributed by atoms with Crippen LogP contribution in [0.25, 0.3) is 10.2 Å². The highest BCUT2D eigenvalue weighted by molar-refractivity contribution is 7.90. The molecule has 24 heavy (non-hydrogen) atoms. The summed E-state index contributed by atoms with van der Waals surface area (Å²) >= 11 is 0.947. The molecule has 124 valence electrons. The number of carbonyl (C=O) groups is 1. The molecule has 3 rings (SSSR count). The van der Waals surface area contributed by atoms with Gasteiger partial charge in [0, 0.05) is 19.4 Å². The van der Waals surface area contributed by atoms with E-state index in [2.05, 4.69) is 4.98 Å². The van der Waals surface area contributed by atoms with Crippen LogP contribution in [-0.4, -0.2) is 23.9 Å². The number of pyridine rings is 1. The molecule has 7 nitrogen and oxygen atoms in total. The van der Waals surface area contributed by atoms with Crippen molar-refractivity contribution in [2.24, 2.45) is 7.05 Å². The van der Waals surface area contributed by atoms with Gasteiger partial charge in [-0.15, -0.1) is 0 Å². The second kappa shape index (κ2) is 5.84. The zero-order chi connectivity index (χ0) is 17.5. The first kappa shape index (κ1) is 16.3. The van der Waals surface area contributed by atoms with Gasteiger partial charge in [0.1, 0.15) is 0 Å². The van der Waals surface area contributed by atoms with Crippen molar-refractivity contribution >= 4 is 37.5 Å². The van der Waals surface area contributed by atoms with Gasteiger partial charge in [-0.3, -0.25) is 14.6 Å². The molecule has 0 aliphatic heterocycles. The first-order valence-corrected chi connectivity index (χ1v) is 9.16. The van der Waals surface area contributed by atoms with Crippen molar-refractivity contribution in [3.05, 3.63) is 57.5 Å². The zero-order valence-electron chi connectivity index (χ0n) is 12.8. The van der Waals surface area contributed by atoms with Crippen molar-refractivity contribution in [1.29, 1.82) is 0 Å². The monoisotopic (exact) mass is 363 g/mol. The zero-order valence-corrected chi connectivity index (χ0v) is 14.4. The van der Waals surface area contributed by atoms with Gasteiger partial charge < -0.3 is 4.57 Å². The fourth-order valence-corrected chi connectivity index (χ4v) is 4.19. The molecule has 0 bridgehead atoms. The molecule has 9 heteroatoms. The van der Waals surface area contributed by atoms with Gasteiger partial charge in [-0.1, -0.05) is 11.3 Å². The van der Waals surface area contributed by atoms with E-state index in [0.717, 1.165) is 16.9 Å². The molecule has 0 spiro atoms. The Kier molecular flexibility index (Phi) is 3.98. The van der Waals surface area contributed by atoms with Crippen LogP contribution in [0.4, 0.5) is 0 Å². The van der Waals surface area contributed by atoms with Crippen LogP contribution in [-0.2, 0) is 17.1 Å². The minimum atomic E-state index is -4.05. The average molecular weight is 363 g/mol. The Labute approximate surface area is 141 Å². The normalized spacial score (nSPS) is 11.6. The largest absolute Gasteiger partial charge is 0.307 e. The van der Waals surface area contributed by atoms with Crippen LogP contribution in [0.1, 0.15) is 15.9 Å². The Hall–Kier alpha value is -2.52. The van der Waals surface area contributed by atoms with E-state index in [9.17, 15) is 18.0 Å². The number of aromatic nitrogens is 2. The molecule has 0 saturated heterocycles. The number of carbonyl (C=O) groups excluding carboxylic acids is 1. The third-order valence-electron chi connectivity index (χ3n) is 3.44. The van der Waals surface area contributed by atoms with Gasteiger partial charge in [0.2, 0.25) is 0 Å². The number of nitrogens with one attached hydrogen (secondary N) is 1. The molecular formula is C15H13N3O4S2. The van der Waals surface area contributed by atoms with Crippen molar-refractivity contribution in [1.82, 2.24) is 14.3 Å². The molecule has 0 fully saturated rings. The van der Waals surface area contributed by atoms with E-state index in [0.29, 0.717) is 10.2 Å². The highest BCUT2D eigenvalue weighted by atomic mass is 32.2. The van der Waals surface area contributed by atoms with Crippen LogP contribution in [0.15, 0.2) is 46.3 Å². The van der Waals surface area contributed by atoms with Gasteiger partial charge >= 0.3 is 4.87 Å². The Morgan fingerprint density at radius 3 is 2.71 bits per heavy atom. The Morgan fingerprint density at radius 2 is 2.00 bits per heavy atom. The van der Waals surface area contributed by atoms with Crippen LogP contribution in [0.2, 0.25) is 0 Å². The number of hydrogen-bond acceptors (Lipinski definition) is 6. The van der Waals surface area contributed by atoms with Crippen LogP contribution in [0, 0.1) is 6.92 Å². The second-order valence-corrected chi connectivity index (χ2v) is 7.92. The van der Waals surface area contributed by atoms with Crippen molar-refractivity contribution in [2.75, 3.05) is 0 Å². The van der Waals surface area contributed by atoms with Crippen molar-refractivity contribution in [3.63, 3.8) is 0 Å². The quantitative estimate of drug-likeness (QED) is 0.759. The summed E-state index contributed by atoms with van der Waals surface area (Å²) < 4.78 is 28.8. The van der Waals surface area contributed by atoms with Crippen LogP contribution in [0.5, 0.6) is 0 Å². The van der Waals surface area contributed by atoms with Crippen molar-refractivity contribution < 1.29 is 13.2 Å². The van der Waals surface area contributed by atoms with Crippen LogP contribution >= 0.6 is 11.3 Å². The molecule has 2 aromatic heterocycles. The second-order valence-electron chi connectivity index (χ2n) is 5.24. The van der Waals surface area contributed by atoms with Gasteiger partial charge in [0.15, 0.2) is 0 Å². The molecule has 2 heterocycles. The summed E-state index contributed by atoms with van der Waals surface area (Å²) in [6, 6.07) is 5.83. The predicted molar refractivity (Wildman–Crippen MR) is 90.7 cm³/mol. The molecule has 1 N–H and O–H groups in total. The third kappa shape index (κ3) is 2.95. The maximum Gasteiger partial charge on any atom is 0.307 e. The summed E-state index contributed by atoms with van der Waals surface area (Å²) in [6.45, 7) is 1.75. The van der Waals surface area contributed by atoms with E-state index in [-0.39, 0.29) is 15.3 Å². The standard InChI is InChI=1S/C15H13N3O4S2/c1-9-5-10(8-16-7-9)14(19)17-24(21,22)11-3-4-12-13(6-11)23-15(20)18(12)2/h3-8H,1-2H3,(H,17,19). The lowest BCUT2D eigenvalue weighted by Gasteiger charge is -2.07. The van der Waals surface area contributed by atoms with Crippen molar-refractivity contribution in [3.8, 4) is 0 Å². The fraction of sp³-hybridized carbons (Fsp3) is 0.133. The van der Waals surface area contributed by atoms with Crippen molar-refractivity contribution in [2.45, 2.75) is 11.8 Å². The summed E-state index contributed by atoms with van der Waals surface area (Å²) in [4.78, 5) is 27.4. The minimum absolute atomic E-state index is 0.0780. The Morgan fingerprint density at radius 1 is 1.25 bits per heavy atom. The molecule has 0 aliphatic carbocycles. The predicted octanol–water partition coefficient (Wildman–Crippen LogP) is 1.42. The molecule has 0 aliphatic rings. The number of rotatable bonds is 3. The van der Waals surface area contributed by atoms with Gasteiger partial charge in [-0.25, -0.2) is 13.1 Å². The molecule has 1 aromatic carbocycles. The number of sulfonamides is 1. The Bertz CT molecular complexity index is 1110. The van der Waals surface area contributed by atoms with Crippen LogP contribution < -0.4 is 9.60 Å². The number of nitrogens with zero attached hydrogens (tertiary/aromatic N) is 2. The molecular weight excluding hydrogens is 350 g/mol.